The Balaban J connectivity index is 1.23. The first-order valence-corrected chi connectivity index (χ1v) is 9.92. The summed E-state index contributed by atoms with van der Waals surface area (Å²) in [6, 6.07) is 13.7. The van der Waals surface area contributed by atoms with E-state index in [1.54, 1.807) is 0 Å². The van der Waals surface area contributed by atoms with Crippen molar-refractivity contribution in [1.82, 2.24) is 10.4 Å². The Morgan fingerprint density at radius 1 is 0.964 bits per heavy atom. The van der Waals surface area contributed by atoms with Gasteiger partial charge in [-0.2, -0.15) is 5.01 Å². The largest absolute Gasteiger partial charge is 0.273 e. The molecule has 2 bridgehead atoms. The van der Waals surface area contributed by atoms with Crippen LogP contribution in [0.2, 0.25) is 0 Å². The van der Waals surface area contributed by atoms with E-state index in [4.69, 9.17) is 0 Å². The Morgan fingerprint density at radius 2 is 1.61 bits per heavy atom. The molecule has 2 aromatic carbocycles. The Kier molecular flexibility index (Phi) is 3.04. The van der Waals surface area contributed by atoms with E-state index >= 15 is 0 Å². The maximum Gasteiger partial charge on any atom is 0.252 e. The third-order valence-corrected chi connectivity index (χ3v) is 7.32. The van der Waals surface area contributed by atoms with Gasteiger partial charge in [-0.1, -0.05) is 54.6 Å². The van der Waals surface area contributed by atoms with Crippen LogP contribution in [0, 0.1) is 29.1 Å². The number of carbonyl (C=O) groups is 3. The van der Waals surface area contributed by atoms with E-state index in [-0.39, 0.29) is 53.2 Å². The van der Waals surface area contributed by atoms with Gasteiger partial charge in [-0.05, 0) is 46.4 Å². The van der Waals surface area contributed by atoms with Gasteiger partial charge in [0.15, 0.2) is 0 Å². The van der Waals surface area contributed by atoms with Crippen LogP contribution in [0.15, 0.2) is 54.6 Å². The van der Waals surface area contributed by atoms with Gasteiger partial charge < -0.3 is 0 Å². The topological polar surface area (TPSA) is 66.5 Å². The summed E-state index contributed by atoms with van der Waals surface area (Å²) in [5, 5.41) is 3.08. The summed E-state index contributed by atoms with van der Waals surface area (Å²) in [5.74, 6) is -1.04. The standard InChI is InChI=1S/C23H20N2O3/c26-18(12-14-6-3-5-13-4-1-2-7-15(13)14)24-25-21(27)19-16-8-9-17(20(19)22(25)28)23(16)10-11-23/h1-9,16-17,19-20H,10-12H2,(H,24,26)/t16-,17-,19-,20+/m0/s1. The first-order chi connectivity index (χ1) is 13.6. The molecule has 1 saturated heterocycles. The number of carbonyl (C=O) groups excluding carboxylic acids is 3. The predicted octanol–water partition coefficient (Wildman–Crippen LogP) is 2.61. The minimum Gasteiger partial charge on any atom is -0.273 e. The van der Waals surface area contributed by atoms with E-state index in [9.17, 15) is 14.4 Å². The molecule has 140 valence electrons. The summed E-state index contributed by atoms with van der Waals surface area (Å²) in [4.78, 5) is 38.6. The lowest BCUT2D eigenvalue weighted by Crippen LogP contribution is -2.48. The minimum absolute atomic E-state index is 0.128. The zero-order valence-corrected chi connectivity index (χ0v) is 15.3. The Bertz CT molecular complexity index is 1040. The normalized spacial score (nSPS) is 31.1. The van der Waals surface area contributed by atoms with Gasteiger partial charge in [-0.15, -0.1) is 0 Å². The number of fused-ring (bicyclic) bond motifs is 4. The molecular weight excluding hydrogens is 352 g/mol. The Morgan fingerprint density at radius 3 is 2.29 bits per heavy atom. The summed E-state index contributed by atoms with van der Waals surface area (Å²) in [7, 11) is 0. The number of hydrazine groups is 1. The number of benzene rings is 2. The van der Waals surface area contributed by atoms with E-state index in [1.165, 1.54) is 0 Å². The highest BCUT2D eigenvalue weighted by molar-refractivity contribution is 6.08. The molecule has 1 spiro atoms. The van der Waals surface area contributed by atoms with Gasteiger partial charge in [-0.3, -0.25) is 19.8 Å². The van der Waals surface area contributed by atoms with Gasteiger partial charge in [-0.25, -0.2) is 0 Å². The van der Waals surface area contributed by atoms with Crippen LogP contribution >= 0.6 is 0 Å². The molecule has 0 unspecified atom stereocenters. The van der Waals surface area contributed by atoms with Crippen LogP contribution in [0.5, 0.6) is 0 Å². The van der Waals surface area contributed by atoms with Crippen molar-refractivity contribution in [3.05, 3.63) is 60.2 Å². The number of allylic oxidation sites excluding steroid dienone is 2. The minimum atomic E-state index is -0.334. The number of hydrogen-bond donors (Lipinski definition) is 1. The third kappa shape index (κ3) is 1.94. The molecule has 4 atom stereocenters. The molecule has 3 fully saturated rings. The van der Waals surface area contributed by atoms with Gasteiger partial charge >= 0.3 is 0 Å². The van der Waals surface area contributed by atoms with E-state index in [0.717, 1.165) is 34.2 Å². The average molecular weight is 372 g/mol. The molecule has 1 N–H and O–H groups in total. The van der Waals surface area contributed by atoms with E-state index in [0.29, 0.717) is 0 Å². The van der Waals surface area contributed by atoms with Crippen molar-refractivity contribution in [2.24, 2.45) is 29.1 Å². The molecule has 28 heavy (non-hydrogen) atoms. The van der Waals surface area contributed by atoms with Crippen LogP contribution < -0.4 is 5.43 Å². The van der Waals surface area contributed by atoms with Crippen molar-refractivity contribution in [2.45, 2.75) is 19.3 Å². The number of amides is 3. The molecule has 0 aromatic heterocycles. The zero-order chi connectivity index (χ0) is 19.0. The van der Waals surface area contributed by atoms with Gasteiger partial charge in [0.1, 0.15) is 0 Å². The van der Waals surface area contributed by atoms with Crippen molar-refractivity contribution in [1.29, 1.82) is 0 Å². The SMILES string of the molecule is O=C(Cc1cccc2ccccc12)NN1C(=O)[C@@H]2[C@H](C1=O)[C@@H]1C=C[C@@H]2C12CC2. The van der Waals surface area contributed by atoms with Crippen molar-refractivity contribution >= 4 is 28.5 Å². The summed E-state index contributed by atoms with van der Waals surface area (Å²) >= 11 is 0. The lowest BCUT2D eigenvalue weighted by atomic mass is 9.85. The summed E-state index contributed by atoms with van der Waals surface area (Å²) in [6.07, 6.45) is 6.60. The van der Waals surface area contributed by atoms with Crippen LogP contribution in [-0.4, -0.2) is 22.7 Å². The van der Waals surface area contributed by atoms with Crippen LogP contribution in [-0.2, 0) is 20.8 Å². The highest BCUT2D eigenvalue weighted by Gasteiger charge is 2.73. The quantitative estimate of drug-likeness (QED) is 0.665. The molecule has 2 aromatic rings. The Hall–Kier alpha value is -2.95. The zero-order valence-electron chi connectivity index (χ0n) is 15.3. The van der Waals surface area contributed by atoms with Crippen LogP contribution in [0.4, 0.5) is 0 Å². The van der Waals surface area contributed by atoms with E-state index in [1.807, 2.05) is 42.5 Å². The van der Waals surface area contributed by atoms with Crippen LogP contribution in [0.1, 0.15) is 18.4 Å². The maximum absolute atomic E-state index is 13.0. The summed E-state index contributed by atoms with van der Waals surface area (Å²) < 4.78 is 0. The second kappa shape index (κ2) is 5.31. The van der Waals surface area contributed by atoms with E-state index in [2.05, 4.69) is 17.6 Å². The molecule has 3 amide bonds. The fraction of sp³-hybridized carbons (Fsp3) is 0.348. The molecule has 1 heterocycles. The average Bonchev–Trinajstić information content (AvgIpc) is 3.31. The fourth-order valence-electron chi connectivity index (χ4n) is 5.97. The van der Waals surface area contributed by atoms with Crippen molar-refractivity contribution in [3.8, 4) is 0 Å². The van der Waals surface area contributed by atoms with Gasteiger partial charge in [0, 0.05) is 0 Å². The highest BCUT2D eigenvalue weighted by atomic mass is 16.2. The van der Waals surface area contributed by atoms with Crippen molar-refractivity contribution in [3.63, 3.8) is 0 Å². The molecule has 3 aliphatic carbocycles. The molecular formula is C23H20N2O3. The van der Waals surface area contributed by atoms with Crippen molar-refractivity contribution < 1.29 is 14.4 Å². The van der Waals surface area contributed by atoms with E-state index < -0.39 is 0 Å². The summed E-state index contributed by atoms with van der Waals surface area (Å²) in [6.45, 7) is 0. The maximum atomic E-state index is 13.0. The van der Waals surface area contributed by atoms with Gasteiger partial charge in [0.2, 0.25) is 5.91 Å². The van der Waals surface area contributed by atoms with Crippen LogP contribution in [0.3, 0.4) is 0 Å². The second-order valence-electron chi connectivity index (χ2n) is 8.58. The molecule has 5 nitrogen and oxygen atoms in total. The monoisotopic (exact) mass is 372 g/mol. The summed E-state index contributed by atoms with van der Waals surface area (Å²) in [5.41, 5.74) is 3.65. The van der Waals surface area contributed by atoms with Gasteiger partial charge in [0.25, 0.3) is 11.8 Å². The predicted molar refractivity (Wildman–Crippen MR) is 102 cm³/mol. The molecule has 2 saturated carbocycles. The smallest absolute Gasteiger partial charge is 0.252 e. The third-order valence-electron chi connectivity index (χ3n) is 7.32. The number of rotatable bonds is 3. The van der Waals surface area contributed by atoms with Gasteiger partial charge in [0.05, 0.1) is 18.3 Å². The first-order valence-electron chi connectivity index (χ1n) is 9.92. The number of imide groups is 1. The first kappa shape index (κ1) is 16.0. The number of hydrogen-bond acceptors (Lipinski definition) is 3. The molecule has 5 heteroatoms. The van der Waals surface area contributed by atoms with Crippen LogP contribution in [0.25, 0.3) is 10.8 Å². The molecule has 1 aliphatic heterocycles. The highest BCUT2D eigenvalue weighted by Crippen LogP contribution is 2.73. The number of nitrogens with zero attached hydrogens (tertiary/aromatic N) is 1. The lowest BCUT2D eigenvalue weighted by Gasteiger charge is -2.22. The fourth-order valence-corrected chi connectivity index (χ4v) is 5.97. The molecule has 0 radical (unpaired) electrons. The lowest BCUT2D eigenvalue weighted by molar-refractivity contribution is -0.150. The molecule has 6 rings (SSSR count). The number of nitrogens with one attached hydrogen (secondary N) is 1. The second-order valence-corrected chi connectivity index (χ2v) is 8.58. The Labute approximate surface area is 162 Å². The molecule has 4 aliphatic rings. The van der Waals surface area contributed by atoms with Crippen molar-refractivity contribution in [2.75, 3.05) is 0 Å².